The smallest absolute Gasteiger partial charge is 0.434 e. The molecule has 1 saturated carbocycles. The molecule has 1 fully saturated rings. The molecule has 1 unspecified atom stereocenters. The van der Waals surface area contributed by atoms with Gasteiger partial charge in [-0.15, -0.1) is 0 Å². The van der Waals surface area contributed by atoms with Crippen LogP contribution < -0.4 is 10.1 Å². The van der Waals surface area contributed by atoms with Crippen LogP contribution in [0.3, 0.4) is 0 Å². The number of alkyl halides is 3. The van der Waals surface area contributed by atoms with E-state index in [1.807, 2.05) is 39.1 Å². The van der Waals surface area contributed by atoms with Crippen LogP contribution >= 0.6 is 0 Å². The van der Waals surface area contributed by atoms with E-state index in [9.17, 15) is 13.2 Å². The highest BCUT2D eigenvalue weighted by Crippen LogP contribution is 2.42. The van der Waals surface area contributed by atoms with E-state index in [0.717, 1.165) is 41.4 Å². The van der Waals surface area contributed by atoms with Crippen LogP contribution in [0, 0.1) is 0 Å². The molecule has 1 aliphatic heterocycles. The number of ether oxygens (including phenoxy) is 2. The van der Waals surface area contributed by atoms with Crippen LogP contribution in [0.4, 0.5) is 13.2 Å². The molecule has 1 aliphatic carbocycles. The van der Waals surface area contributed by atoms with Gasteiger partial charge in [0.15, 0.2) is 11.9 Å². The second kappa shape index (κ2) is 10.8. The van der Waals surface area contributed by atoms with Gasteiger partial charge in [-0.2, -0.15) is 13.2 Å². The van der Waals surface area contributed by atoms with Crippen molar-refractivity contribution in [3.05, 3.63) is 71.1 Å². The molecular weight excluding hydrogens is 509 g/mol. The number of hydrogen-bond acceptors (Lipinski definition) is 7. The largest absolute Gasteiger partial charge is 0.480 e. The van der Waals surface area contributed by atoms with Gasteiger partial charge >= 0.3 is 6.18 Å². The Balaban J connectivity index is 1.34. The van der Waals surface area contributed by atoms with Gasteiger partial charge in [0.2, 0.25) is 5.88 Å². The van der Waals surface area contributed by atoms with Crippen LogP contribution in [0.5, 0.6) is 5.88 Å². The first-order valence-corrected chi connectivity index (χ1v) is 13.0. The van der Waals surface area contributed by atoms with Crippen LogP contribution in [-0.4, -0.2) is 38.7 Å². The second-order valence-electron chi connectivity index (χ2n) is 9.90. The van der Waals surface area contributed by atoms with E-state index in [1.54, 1.807) is 23.8 Å². The van der Waals surface area contributed by atoms with Gasteiger partial charge in [-0.1, -0.05) is 31.2 Å². The van der Waals surface area contributed by atoms with Crippen molar-refractivity contribution < 1.29 is 22.6 Å². The molecule has 11 heteroatoms. The number of imidazole rings is 1. The SMILES string of the molecule is CC[C@@H](C)n1cc(C(F)(F)F)nc1-c1ccc(COC2N=C(c3c(OC)ncnc3C3CC3)NC=C2C)cc1. The van der Waals surface area contributed by atoms with E-state index in [-0.39, 0.29) is 12.6 Å². The van der Waals surface area contributed by atoms with Gasteiger partial charge in [0.05, 0.1) is 19.4 Å². The highest BCUT2D eigenvalue weighted by atomic mass is 19.4. The second-order valence-corrected chi connectivity index (χ2v) is 9.90. The Bertz CT molecular complexity index is 1390. The summed E-state index contributed by atoms with van der Waals surface area (Å²) in [5.41, 5.74) is 3.14. The Morgan fingerprint density at radius 3 is 2.54 bits per heavy atom. The lowest BCUT2D eigenvalue weighted by Gasteiger charge is -2.23. The number of rotatable bonds is 9. The van der Waals surface area contributed by atoms with Crippen LogP contribution in [0.1, 0.15) is 74.5 Å². The topological polar surface area (TPSA) is 86.5 Å². The fourth-order valence-electron chi connectivity index (χ4n) is 4.44. The van der Waals surface area contributed by atoms with Gasteiger partial charge in [-0.05, 0) is 44.2 Å². The van der Waals surface area contributed by atoms with Gasteiger partial charge in [0.1, 0.15) is 23.6 Å². The number of amidine groups is 1. The summed E-state index contributed by atoms with van der Waals surface area (Å²) in [6.45, 7) is 6.00. The molecular formula is C28H31F3N6O2. The monoisotopic (exact) mass is 540 g/mol. The standard InChI is InChI=1S/C28H31F3N6O2/c1-5-17(3)37-13-21(28(29,30)31)35-25(37)20-8-6-18(7-9-20)14-39-26-16(2)12-32-24(36-26)22-23(19-10-11-19)33-15-34-27(22)38-4/h6-9,12-13,15,17,19,26H,5,10-11,14H2,1-4H3,(H,32,36)/t17-,26?/m1/s1. The minimum Gasteiger partial charge on any atom is -0.480 e. The maximum atomic E-state index is 13.4. The summed E-state index contributed by atoms with van der Waals surface area (Å²) in [6.07, 6.45) is 2.24. The van der Waals surface area contributed by atoms with Gasteiger partial charge in [-0.25, -0.2) is 19.9 Å². The highest BCUT2D eigenvalue weighted by Gasteiger charge is 2.35. The Kier molecular flexibility index (Phi) is 7.44. The molecule has 0 saturated heterocycles. The summed E-state index contributed by atoms with van der Waals surface area (Å²) < 4.78 is 53.3. The van der Waals surface area contributed by atoms with Crippen LogP contribution in [0.15, 0.2) is 53.6 Å². The molecule has 0 amide bonds. The van der Waals surface area contributed by atoms with Gasteiger partial charge < -0.3 is 19.4 Å². The molecule has 0 bridgehead atoms. The number of methoxy groups -OCH3 is 1. The van der Waals surface area contributed by atoms with Crippen molar-refractivity contribution in [2.45, 2.75) is 71.0 Å². The maximum absolute atomic E-state index is 13.4. The van der Waals surface area contributed by atoms with E-state index < -0.39 is 18.1 Å². The average molecular weight is 541 g/mol. The summed E-state index contributed by atoms with van der Waals surface area (Å²) in [7, 11) is 1.57. The summed E-state index contributed by atoms with van der Waals surface area (Å²) in [5.74, 6) is 1.72. The molecule has 206 valence electrons. The van der Waals surface area contributed by atoms with E-state index in [1.165, 1.54) is 6.33 Å². The maximum Gasteiger partial charge on any atom is 0.434 e. The Hall–Kier alpha value is -3.73. The quantitative estimate of drug-likeness (QED) is 0.358. The minimum absolute atomic E-state index is 0.123. The Labute approximate surface area is 225 Å². The Morgan fingerprint density at radius 2 is 1.90 bits per heavy atom. The zero-order valence-electron chi connectivity index (χ0n) is 22.3. The first kappa shape index (κ1) is 26.9. The summed E-state index contributed by atoms with van der Waals surface area (Å²) in [5, 5.41) is 3.23. The van der Waals surface area contributed by atoms with Crippen molar-refractivity contribution in [2.75, 3.05) is 7.11 Å². The van der Waals surface area contributed by atoms with E-state index in [0.29, 0.717) is 35.4 Å². The number of aliphatic imine (C=N–C) groups is 1. The van der Waals surface area contributed by atoms with Crippen molar-refractivity contribution in [3.63, 3.8) is 0 Å². The third-order valence-electron chi connectivity index (χ3n) is 7.02. The number of benzene rings is 1. The predicted molar refractivity (Wildman–Crippen MR) is 140 cm³/mol. The summed E-state index contributed by atoms with van der Waals surface area (Å²) >= 11 is 0. The zero-order valence-corrected chi connectivity index (χ0v) is 22.3. The molecule has 2 aliphatic rings. The molecule has 5 rings (SSSR count). The van der Waals surface area contributed by atoms with Crippen molar-refractivity contribution in [3.8, 4) is 17.3 Å². The third-order valence-corrected chi connectivity index (χ3v) is 7.02. The minimum atomic E-state index is -4.50. The molecule has 2 aromatic heterocycles. The Morgan fingerprint density at radius 1 is 1.15 bits per heavy atom. The van der Waals surface area contributed by atoms with E-state index in [4.69, 9.17) is 14.5 Å². The van der Waals surface area contributed by atoms with Crippen LogP contribution in [0.2, 0.25) is 0 Å². The first-order valence-electron chi connectivity index (χ1n) is 13.0. The molecule has 8 nitrogen and oxygen atoms in total. The van der Waals surface area contributed by atoms with Crippen molar-refractivity contribution in [1.29, 1.82) is 0 Å². The lowest BCUT2D eigenvalue weighted by molar-refractivity contribution is -0.140. The summed E-state index contributed by atoms with van der Waals surface area (Å²) in [4.78, 5) is 17.5. The number of halogens is 3. The highest BCUT2D eigenvalue weighted by molar-refractivity contribution is 6.03. The predicted octanol–water partition coefficient (Wildman–Crippen LogP) is 6.01. The van der Waals surface area contributed by atoms with Crippen LogP contribution in [0.25, 0.3) is 11.4 Å². The molecule has 0 spiro atoms. The van der Waals surface area contributed by atoms with Crippen molar-refractivity contribution >= 4 is 5.84 Å². The number of nitrogens with zero attached hydrogens (tertiary/aromatic N) is 5. The molecule has 1 N–H and O–H groups in total. The molecule has 1 aromatic carbocycles. The lowest BCUT2D eigenvalue weighted by atomic mass is 10.1. The fraction of sp³-hybridized carbons (Fsp3) is 0.429. The van der Waals surface area contributed by atoms with E-state index >= 15 is 0 Å². The van der Waals surface area contributed by atoms with Crippen molar-refractivity contribution in [1.82, 2.24) is 24.8 Å². The normalized spacial score (nSPS) is 18.3. The number of aromatic nitrogens is 4. The fourth-order valence-corrected chi connectivity index (χ4v) is 4.44. The van der Waals surface area contributed by atoms with Gasteiger partial charge in [-0.3, -0.25) is 0 Å². The average Bonchev–Trinajstić information content (AvgIpc) is 3.68. The molecule has 3 aromatic rings. The number of hydrogen-bond donors (Lipinski definition) is 1. The molecule has 39 heavy (non-hydrogen) atoms. The third kappa shape index (κ3) is 5.68. The van der Waals surface area contributed by atoms with Crippen LogP contribution in [-0.2, 0) is 17.5 Å². The van der Waals surface area contributed by atoms with Crippen molar-refractivity contribution in [2.24, 2.45) is 4.99 Å². The molecule has 3 heterocycles. The summed E-state index contributed by atoms with van der Waals surface area (Å²) in [6, 6.07) is 7.09. The van der Waals surface area contributed by atoms with E-state index in [2.05, 4.69) is 20.3 Å². The lowest BCUT2D eigenvalue weighted by Crippen LogP contribution is -2.31. The van der Waals surface area contributed by atoms with Gasteiger partial charge in [0, 0.05) is 29.9 Å². The number of nitrogens with one attached hydrogen (secondary N) is 1. The first-order chi connectivity index (χ1) is 18.7. The van der Waals surface area contributed by atoms with Gasteiger partial charge in [0.25, 0.3) is 0 Å². The zero-order chi connectivity index (χ0) is 27.7. The molecule has 2 atom stereocenters. The molecule has 0 radical (unpaired) electrons.